The Morgan fingerprint density at radius 3 is 2.65 bits per heavy atom. The van der Waals surface area contributed by atoms with Gasteiger partial charge in [0.2, 0.25) is 11.8 Å². The number of pyridine rings is 1. The fourth-order valence-corrected chi connectivity index (χ4v) is 2.06. The molecule has 0 aliphatic carbocycles. The largest absolute Gasteiger partial charge is 0.481 e. The lowest BCUT2D eigenvalue weighted by atomic mass is 9.94. The lowest BCUT2D eigenvalue weighted by molar-refractivity contribution is 0.379. The van der Waals surface area contributed by atoms with E-state index < -0.39 is 0 Å². The molecule has 0 radical (unpaired) electrons. The van der Waals surface area contributed by atoms with Crippen LogP contribution in [0.2, 0.25) is 0 Å². The molecule has 0 bridgehead atoms. The maximum Gasteiger partial charge on any atom is 0.213 e. The minimum Gasteiger partial charge on any atom is -0.481 e. The highest BCUT2D eigenvalue weighted by atomic mass is 127. The van der Waals surface area contributed by atoms with Gasteiger partial charge in [0.05, 0.1) is 32.1 Å². The number of hydrogen-bond donors (Lipinski definition) is 2. The predicted octanol–water partition coefficient (Wildman–Crippen LogP) is 3.25. The summed E-state index contributed by atoms with van der Waals surface area (Å²) in [6.07, 6.45) is 1.78. The molecule has 0 aromatic carbocycles. The van der Waals surface area contributed by atoms with Gasteiger partial charge in [0, 0.05) is 18.0 Å². The van der Waals surface area contributed by atoms with E-state index in [4.69, 9.17) is 9.15 Å². The Labute approximate surface area is 172 Å². The molecule has 0 unspecified atom stereocenters. The lowest BCUT2D eigenvalue weighted by Crippen LogP contribution is -2.36. The van der Waals surface area contributed by atoms with Gasteiger partial charge in [-0.15, -0.1) is 24.0 Å². The molecule has 8 heteroatoms. The van der Waals surface area contributed by atoms with Crippen LogP contribution in [0.1, 0.15) is 45.0 Å². The fraction of sp³-hybridized carbons (Fsp3) is 0.500. The molecule has 2 aromatic heterocycles. The maximum atomic E-state index is 5.78. The molecule has 0 saturated heterocycles. The molecule has 144 valence electrons. The summed E-state index contributed by atoms with van der Waals surface area (Å²) in [5.74, 6) is 2.77. The summed E-state index contributed by atoms with van der Waals surface area (Å²) < 4.78 is 10.9. The molecule has 0 saturated carbocycles. The first-order chi connectivity index (χ1) is 11.9. The fourth-order valence-electron chi connectivity index (χ4n) is 2.06. The predicted molar refractivity (Wildman–Crippen MR) is 113 cm³/mol. The first-order valence-electron chi connectivity index (χ1n) is 8.39. The van der Waals surface area contributed by atoms with E-state index in [1.165, 1.54) is 0 Å². The molecule has 2 N–H and O–H groups in total. The highest BCUT2D eigenvalue weighted by Crippen LogP contribution is 2.22. The third kappa shape index (κ3) is 6.81. The number of nitrogens with zero attached hydrogens (tertiary/aromatic N) is 3. The number of guanidine groups is 1. The molecule has 7 nitrogen and oxygen atoms in total. The van der Waals surface area contributed by atoms with E-state index in [1.807, 2.05) is 25.1 Å². The van der Waals surface area contributed by atoms with E-state index in [-0.39, 0.29) is 29.4 Å². The van der Waals surface area contributed by atoms with Crippen molar-refractivity contribution < 1.29 is 9.15 Å². The van der Waals surface area contributed by atoms with Crippen molar-refractivity contribution in [2.24, 2.45) is 4.99 Å². The number of aliphatic imine (C=N–C) groups is 1. The molecule has 26 heavy (non-hydrogen) atoms. The number of aromatic nitrogens is 2. The minimum absolute atomic E-state index is 0. The Hall–Kier alpha value is -1.84. The van der Waals surface area contributed by atoms with Gasteiger partial charge >= 0.3 is 0 Å². The number of halogens is 1. The second-order valence-electron chi connectivity index (χ2n) is 6.59. The molecule has 2 rings (SSSR count). The van der Waals surface area contributed by atoms with Crippen LogP contribution < -0.4 is 15.4 Å². The zero-order chi connectivity index (χ0) is 18.3. The van der Waals surface area contributed by atoms with Gasteiger partial charge in [-0.05, 0) is 13.0 Å². The first kappa shape index (κ1) is 22.2. The summed E-state index contributed by atoms with van der Waals surface area (Å²) in [6.45, 7) is 9.98. The van der Waals surface area contributed by atoms with Gasteiger partial charge in [0.1, 0.15) is 5.76 Å². The summed E-state index contributed by atoms with van der Waals surface area (Å²) >= 11 is 0. The average Bonchev–Trinajstić information content (AvgIpc) is 3.07. The number of rotatable bonds is 6. The van der Waals surface area contributed by atoms with Crippen molar-refractivity contribution in [2.75, 3.05) is 13.7 Å². The second kappa shape index (κ2) is 10.3. The van der Waals surface area contributed by atoms with Gasteiger partial charge < -0.3 is 19.8 Å². The van der Waals surface area contributed by atoms with Crippen LogP contribution in [-0.4, -0.2) is 29.6 Å². The van der Waals surface area contributed by atoms with E-state index in [1.54, 1.807) is 13.3 Å². The number of nitrogens with one attached hydrogen (secondary N) is 2. The zero-order valence-corrected chi connectivity index (χ0v) is 18.3. The smallest absolute Gasteiger partial charge is 0.213 e. The Bertz CT molecular complexity index is 710. The van der Waals surface area contributed by atoms with Crippen molar-refractivity contribution in [1.82, 2.24) is 20.6 Å². The summed E-state index contributed by atoms with van der Waals surface area (Å²) in [4.78, 5) is 13.2. The van der Waals surface area contributed by atoms with Crippen LogP contribution in [0.25, 0.3) is 0 Å². The molecule has 0 fully saturated rings. The topological polar surface area (TPSA) is 84.6 Å². The summed E-state index contributed by atoms with van der Waals surface area (Å²) in [6, 6.07) is 5.63. The monoisotopic (exact) mass is 473 g/mol. The van der Waals surface area contributed by atoms with Crippen molar-refractivity contribution >= 4 is 29.9 Å². The number of hydrogen-bond acceptors (Lipinski definition) is 5. The molecule has 0 aliphatic heterocycles. The third-order valence-electron chi connectivity index (χ3n) is 3.43. The number of oxazole rings is 1. The molecule has 2 heterocycles. The standard InChI is InChI=1S/C18H27N5O2.HI/c1-6-19-17(21-10-13-8-7-9-15(23-13)24-5)22-12-16-20-11-14(25-16)18(2,3)4;/h7-9,11H,6,10,12H2,1-5H3,(H2,19,21,22);1H. The van der Waals surface area contributed by atoms with Crippen LogP contribution in [0.15, 0.2) is 33.8 Å². The number of ether oxygens (including phenoxy) is 1. The summed E-state index contributed by atoms with van der Waals surface area (Å²) in [5, 5.41) is 6.42. The molecular weight excluding hydrogens is 445 g/mol. The van der Waals surface area contributed by atoms with E-state index in [2.05, 4.69) is 46.4 Å². The summed E-state index contributed by atoms with van der Waals surface area (Å²) in [7, 11) is 1.60. The van der Waals surface area contributed by atoms with Crippen molar-refractivity contribution in [3.8, 4) is 5.88 Å². The van der Waals surface area contributed by atoms with Crippen LogP contribution >= 0.6 is 24.0 Å². The molecule has 2 aromatic rings. The summed E-state index contributed by atoms with van der Waals surface area (Å²) in [5.41, 5.74) is 0.782. The quantitative estimate of drug-likeness (QED) is 0.381. The van der Waals surface area contributed by atoms with Crippen molar-refractivity contribution in [3.63, 3.8) is 0 Å². The van der Waals surface area contributed by atoms with Gasteiger partial charge in [-0.2, -0.15) is 0 Å². The normalized spacial score (nSPS) is 11.7. The van der Waals surface area contributed by atoms with Crippen LogP contribution in [-0.2, 0) is 18.5 Å². The van der Waals surface area contributed by atoms with Gasteiger partial charge in [-0.1, -0.05) is 26.8 Å². The Morgan fingerprint density at radius 2 is 2.04 bits per heavy atom. The van der Waals surface area contributed by atoms with Gasteiger partial charge in [0.25, 0.3) is 0 Å². The van der Waals surface area contributed by atoms with Gasteiger partial charge in [0.15, 0.2) is 5.96 Å². The molecular formula is C18H28IN5O2. The van der Waals surface area contributed by atoms with E-state index in [0.717, 1.165) is 18.0 Å². The highest BCUT2D eigenvalue weighted by Gasteiger charge is 2.19. The highest BCUT2D eigenvalue weighted by molar-refractivity contribution is 14.0. The van der Waals surface area contributed by atoms with Gasteiger partial charge in [-0.3, -0.25) is 0 Å². The van der Waals surface area contributed by atoms with Gasteiger partial charge in [-0.25, -0.2) is 15.0 Å². The van der Waals surface area contributed by atoms with E-state index in [9.17, 15) is 0 Å². The van der Waals surface area contributed by atoms with Crippen LogP contribution in [0.4, 0.5) is 0 Å². The van der Waals surface area contributed by atoms with Crippen LogP contribution in [0.3, 0.4) is 0 Å². The molecule has 0 amide bonds. The lowest BCUT2D eigenvalue weighted by Gasteiger charge is -2.13. The Balaban J connectivity index is 0.00000338. The molecule has 0 atom stereocenters. The molecule has 0 aliphatic rings. The van der Waals surface area contributed by atoms with Crippen LogP contribution in [0, 0.1) is 0 Å². The van der Waals surface area contributed by atoms with E-state index in [0.29, 0.717) is 30.8 Å². The third-order valence-corrected chi connectivity index (χ3v) is 3.43. The molecule has 0 spiro atoms. The van der Waals surface area contributed by atoms with Crippen LogP contribution in [0.5, 0.6) is 5.88 Å². The zero-order valence-electron chi connectivity index (χ0n) is 16.0. The Kier molecular flexibility index (Phi) is 8.83. The van der Waals surface area contributed by atoms with Crippen molar-refractivity contribution in [3.05, 3.63) is 41.7 Å². The number of methoxy groups -OCH3 is 1. The first-order valence-corrected chi connectivity index (χ1v) is 8.39. The SMILES string of the molecule is CCNC(=NCc1cccc(OC)n1)NCc1ncc(C(C)(C)C)o1.I. The van der Waals surface area contributed by atoms with Crippen molar-refractivity contribution in [2.45, 2.75) is 46.2 Å². The maximum absolute atomic E-state index is 5.78. The average molecular weight is 473 g/mol. The minimum atomic E-state index is -0.0537. The second-order valence-corrected chi connectivity index (χ2v) is 6.59. The van der Waals surface area contributed by atoms with Crippen molar-refractivity contribution in [1.29, 1.82) is 0 Å². The van der Waals surface area contributed by atoms with E-state index >= 15 is 0 Å². The Morgan fingerprint density at radius 1 is 1.27 bits per heavy atom.